The maximum absolute atomic E-state index is 11.7. The molecule has 0 aliphatic carbocycles. The molecule has 0 fully saturated rings. The summed E-state index contributed by atoms with van der Waals surface area (Å²) in [6, 6.07) is -2.18. The molecular formula is C10H15Cl2N3O4S. The second kappa shape index (κ2) is 9.87. The zero-order chi connectivity index (χ0) is 15.7. The average Bonchev–Trinajstić information content (AvgIpc) is 2.39. The molecule has 0 bridgehead atoms. The number of aliphatic carboxylic acids is 1. The quantitative estimate of drug-likeness (QED) is 0.470. The molecule has 0 heterocycles. The van der Waals surface area contributed by atoms with Gasteiger partial charge in [-0.1, -0.05) is 23.2 Å². The van der Waals surface area contributed by atoms with E-state index in [2.05, 4.69) is 5.32 Å². The Morgan fingerprint density at radius 1 is 1.40 bits per heavy atom. The Morgan fingerprint density at radius 3 is 2.45 bits per heavy atom. The van der Waals surface area contributed by atoms with E-state index in [0.29, 0.717) is 0 Å². The average molecular weight is 344 g/mol. The Morgan fingerprint density at radius 2 is 2.00 bits per heavy atom. The fourth-order valence-electron chi connectivity index (χ4n) is 1.08. The molecule has 0 aliphatic heterocycles. The van der Waals surface area contributed by atoms with Crippen molar-refractivity contribution in [1.29, 1.82) is 0 Å². The monoisotopic (exact) mass is 343 g/mol. The van der Waals surface area contributed by atoms with Gasteiger partial charge in [0.05, 0.1) is 10.4 Å². The number of hydrogen-bond donors (Lipinski definition) is 4. The van der Waals surface area contributed by atoms with Gasteiger partial charge >= 0.3 is 5.97 Å². The van der Waals surface area contributed by atoms with E-state index in [1.54, 1.807) is 0 Å². The van der Waals surface area contributed by atoms with Crippen LogP contribution in [-0.2, 0) is 14.4 Å². The lowest BCUT2D eigenvalue weighted by Gasteiger charge is -2.17. The summed E-state index contributed by atoms with van der Waals surface area (Å²) in [5, 5.41) is 11.2. The molecule has 10 heteroatoms. The first-order valence-corrected chi connectivity index (χ1v) is 7.23. The number of carbonyl (C=O) groups is 3. The molecule has 0 unspecified atom stereocenters. The number of thioether (sulfide) groups is 1. The molecule has 0 radical (unpaired) electrons. The first-order chi connectivity index (χ1) is 9.27. The van der Waals surface area contributed by atoms with Gasteiger partial charge in [-0.3, -0.25) is 9.59 Å². The zero-order valence-electron chi connectivity index (χ0n) is 10.3. The second-order valence-corrected chi connectivity index (χ2v) is 5.65. The van der Waals surface area contributed by atoms with Gasteiger partial charge in [0.15, 0.2) is 0 Å². The number of rotatable bonds is 9. The molecule has 0 aliphatic rings. The molecule has 7 nitrogen and oxygen atoms in total. The largest absolute Gasteiger partial charge is 0.480 e. The van der Waals surface area contributed by atoms with Crippen LogP contribution in [0.5, 0.6) is 0 Å². The van der Waals surface area contributed by atoms with E-state index in [0.717, 1.165) is 17.3 Å². The molecule has 0 aromatic carbocycles. The van der Waals surface area contributed by atoms with Crippen LogP contribution < -0.4 is 16.8 Å². The third-order valence-corrected chi connectivity index (χ3v) is 3.92. The highest BCUT2D eigenvalue weighted by molar-refractivity contribution is 8.04. The molecule has 0 rings (SSSR count). The van der Waals surface area contributed by atoms with Crippen molar-refractivity contribution in [3.63, 3.8) is 0 Å². The summed E-state index contributed by atoms with van der Waals surface area (Å²) in [4.78, 5) is 33.2. The van der Waals surface area contributed by atoms with Gasteiger partial charge in [0.25, 0.3) is 0 Å². The van der Waals surface area contributed by atoms with Gasteiger partial charge in [-0.05, 0) is 6.42 Å². The normalized spacial score (nSPS) is 14.4. The van der Waals surface area contributed by atoms with E-state index in [4.69, 9.17) is 39.8 Å². The predicted octanol–water partition coefficient (Wildman–Crippen LogP) is 0.158. The Kier molecular flexibility index (Phi) is 9.39. The molecule has 2 atom stereocenters. The Bertz CT molecular complexity index is 406. The highest BCUT2D eigenvalue weighted by Crippen LogP contribution is 2.21. The Hall–Kier alpha value is -0.960. The van der Waals surface area contributed by atoms with Gasteiger partial charge in [0.1, 0.15) is 6.04 Å². The van der Waals surface area contributed by atoms with Crippen molar-refractivity contribution in [2.24, 2.45) is 11.5 Å². The van der Waals surface area contributed by atoms with Crippen LogP contribution in [-0.4, -0.2) is 40.7 Å². The van der Waals surface area contributed by atoms with E-state index >= 15 is 0 Å². The van der Waals surface area contributed by atoms with E-state index in [1.165, 1.54) is 0 Å². The summed E-state index contributed by atoms with van der Waals surface area (Å²) >= 11 is 11.9. The molecule has 114 valence electrons. The van der Waals surface area contributed by atoms with E-state index in [1.807, 2.05) is 0 Å². The van der Waals surface area contributed by atoms with Crippen molar-refractivity contribution >= 4 is 52.7 Å². The lowest BCUT2D eigenvalue weighted by molar-refractivity contribution is -0.141. The Balaban J connectivity index is 4.40. The van der Waals surface area contributed by atoms with Gasteiger partial charge in [0, 0.05) is 17.7 Å². The molecule has 0 saturated carbocycles. The summed E-state index contributed by atoms with van der Waals surface area (Å²) < 4.78 is 0.199. The van der Waals surface area contributed by atoms with E-state index in [-0.39, 0.29) is 23.0 Å². The zero-order valence-corrected chi connectivity index (χ0v) is 12.7. The maximum atomic E-state index is 11.7. The van der Waals surface area contributed by atoms with Gasteiger partial charge in [-0.15, -0.1) is 11.8 Å². The molecular weight excluding hydrogens is 329 g/mol. The lowest BCUT2D eigenvalue weighted by atomic mass is 10.1. The topological polar surface area (TPSA) is 136 Å². The molecule has 0 saturated heterocycles. The number of primary amides is 1. The van der Waals surface area contributed by atoms with Crippen LogP contribution in [0.15, 0.2) is 9.90 Å². The molecule has 6 N–H and O–H groups in total. The summed E-state index contributed by atoms with van der Waals surface area (Å²) in [7, 11) is 0. The van der Waals surface area contributed by atoms with Crippen molar-refractivity contribution in [2.75, 3.05) is 5.75 Å². The maximum Gasteiger partial charge on any atom is 0.327 e. The SMILES string of the molecule is NC(=O)CC[C@H](N)C(=O)N[C@@H](CSC(Cl)=CCl)C(=O)O. The molecule has 0 spiro atoms. The van der Waals surface area contributed by atoms with Gasteiger partial charge in [-0.25, -0.2) is 4.79 Å². The summed E-state index contributed by atoms with van der Waals surface area (Å²) in [6.07, 6.45) is -0.00905. The van der Waals surface area contributed by atoms with Crippen molar-refractivity contribution in [3.8, 4) is 0 Å². The number of carboxylic acid groups (broad SMARTS) is 1. The molecule has 20 heavy (non-hydrogen) atoms. The first kappa shape index (κ1) is 19.0. The van der Waals surface area contributed by atoms with Gasteiger partial charge in [-0.2, -0.15) is 0 Å². The smallest absolute Gasteiger partial charge is 0.327 e. The standard InChI is InChI=1S/C10H15Cl2N3O4S/c11-3-7(12)20-4-6(10(18)19)15-9(17)5(13)1-2-8(14)16/h3,5-6H,1-2,4,13H2,(H2,14,16)(H,15,17)(H,18,19)/t5-,6-/m0/s1. The van der Waals surface area contributed by atoms with Crippen LogP contribution in [0, 0.1) is 0 Å². The highest BCUT2D eigenvalue weighted by atomic mass is 35.5. The minimum absolute atomic E-state index is 0.00827. The minimum atomic E-state index is -1.23. The third-order valence-electron chi connectivity index (χ3n) is 2.13. The number of hydrogen-bond acceptors (Lipinski definition) is 5. The number of carboxylic acids is 1. The summed E-state index contributed by atoms with van der Waals surface area (Å²) in [6.45, 7) is 0. The molecule has 0 aromatic rings. The van der Waals surface area contributed by atoms with Crippen LogP contribution in [0.4, 0.5) is 0 Å². The summed E-state index contributed by atoms with van der Waals surface area (Å²) in [5.74, 6) is -2.50. The summed E-state index contributed by atoms with van der Waals surface area (Å²) in [5.41, 5.74) is 11.5. The second-order valence-electron chi connectivity index (χ2n) is 3.74. The van der Waals surface area contributed by atoms with Crippen LogP contribution in [0.1, 0.15) is 12.8 Å². The van der Waals surface area contributed by atoms with E-state index in [9.17, 15) is 14.4 Å². The van der Waals surface area contributed by atoms with Crippen molar-refractivity contribution in [2.45, 2.75) is 24.9 Å². The van der Waals surface area contributed by atoms with Gasteiger partial charge < -0.3 is 21.9 Å². The predicted molar refractivity (Wildman–Crippen MR) is 78.2 cm³/mol. The lowest BCUT2D eigenvalue weighted by Crippen LogP contribution is -2.49. The van der Waals surface area contributed by atoms with Crippen molar-refractivity contribution in [1.82, 2.24) is 5.32 Å². The molecule has 0 aromatic heterocycles. The first-order valence-electron chi connectivity index (χ1n) is 5.43. The number of halogens is 2. The fraction of sp³-hybridized carbons (Fsp3) is 0.500. The van der Waals surface area contributed by atoms with Crippen molar-refractivity contribution in [3.05, 3.63) is 9.90 Å². The minimum Gasteiger partial charge on any atom is -0.480 e. The number of nitrogens with one attached hydrogen (secondary N) is 1. The van der Waals surface area contributed by atoms with Crippen LogP contribution in [0.25, 0.3) is 0 Å². The van der Waals surface area contributed by atoms with E-state index < -0.39 is 29.9 Å². The van der Waals surface area contributed by atoms with Gasteiger partial charge in [0.2, 0.25) is 11.8 Å². The van der Waals surface area contributed by atoms with Crippen LogP contribution in [0.2, 0.25) is 0 Å². The number of carbonyl (C=O) groups excluding carboxylic acids is 2. The Labute approximate surface area is 130 Å². The number of amides is 2. The third kappa shape index (κ3) is 8.26. The van der Waals surface area contributed by atoms with Crippen LogP contribution >= 0.6 is 35.0 Å². The molecule has 2 amide bonds. The number of nitrogens with two attached hydrogens (primary N) is 2. The fourth-order valence-corrected chi connectivity index (χ4v) is 2.07. The highest BCUT2D eigenvalue weighted by Gasteiger charge is 2.23. The van der Waals surface area contributed by atoms with Crippen molar-refractivity contribution < 1.29 is 19.5 Å². The van der Waals surface area contributed by atoms with Crippen LogP contribution in [0.3, 0.4) is 0 Å².